The van der Waals surface area contributed by atoms with Crippen LogP contribution in [0.25, 0.3) is 0 Å². The van der Waals surface area contributed by atoms with Crippen LogP contribution < -0.4 is 9.47 Å². The molecule has 0 aliphatic carbocycles. The molecule has 0 saturated carbocycles. The highest BCUT2D eigenvalue weighted by molar-refractivity contribution is 5.69. The van der Waals surface area contributed by atoms with Crippen LogP contribution in [0.15, 0.2) is 36.4 Å². The normalized spacial score (nSPS) is 11.3. The number of carbonyl (C=O) groups excluding carboxylic acids is 1. The third-order valence-corrected chi connectivity index (χ3v) is 4.32. The van der Waals surface area contributed by atoms with Gasteiger partial charge in [-0.25, -0.2) is 0 Å². The van der Waals surface area contributed by atoms with Gasteiger partial charge in [-0.3, -0.25) is 4.79 Å². The summed E-state index contributed by atoms with van der Waals surface area (Å²) in [7, 11) is 1.70. The number of aryl methyl sites for hydroxylation is 2. The van der Waals surface area contributed by atoms with E-state index in [-0.39, 0.29) is 11.4 Å². The van der Waals surface area contributed by atoms with Crippen LogP contribution in [0, 0.1) is 19.3 Å². The van der Waals surface area contributed by atoms with Gasteiger partial charge in [-0.05, 0) is 66.5 Å². The third kappa shape index (κ3) is 5.35. The maximum absolute atomic E-state index is 11.1. The van der Waals surface area contributed by atoms with Crippen LogP contribution in [0.3, 0.4) is 0 Å². The average Bonchev–Trinajstić information content (AvgIpc) is 2.49. The van der Waals surface area contributed by atoms with Crippen LogP contribution in [-0.2, 0) is 17.6 Å². The molecule has 0 aliphatic rings. The molecule has 2 rings (SSSR count). The molecule has 0 atom stereocenters. The molecular weight excluding hydrogens is 312 g/mol. The maximum atomic E-state index is 11.1. The molecule has 2 aromatic carbocycles. The Morgan fingerprint density at radius 2 is 1.40 bits per heavy atom. The lowest BCUT2D eigenvalue weighted by Gasteiger charge is -2.26. The minimum atomic E-state index is -0.286. The highest BCUT2D eigenvalue weighted by Gasteiger charge is 2.20. The number of hydrogen-bond donors (Lipinski definition) is 0. The average molecular weight is 340 g/mol. The first-order valence-electron chi connectivity index (χ1n) is 8.62. The summed E-state index contributed by atoms with van der Waals surface area (Å²) in [5, 5.41) is 0. The van der Waals surface area contributed by atoms with Crippen LogP contribution >= 0.6 is 0 Å². The van der Waals surface area contributed by atoms with E-state index in [1.165, 1.54) is 18.1 Å². The van der Waals surface area contributed by atoms with Crippen molar-refractivity contribution in [1.29, 1.82) is 0 Å². The maximum Gasteiger partial charge on any atom is 0.308 e. The van der Waals surface area contributed by atoms with Crippen molar-refractivity contribution in [2.45, 2.75) is 47.5 Å². The van der Waals surface area contributed by atoms with E-state index in [1.807, 2.05) is 25.1 Å². The number of rotatable bonds is 6. The predicted octanol–water partition coefficient (Wildman–Crippen LogP) is 5.05. The van der Waals surface area contributed by atoms with E-state index in [2.05, 4.69) is 39.0 Å². The second-order valence-electron chi connectivity index (χ2n) is 7.52. The summed E-state index contributed by atoms with van der Waals surface area (Å²) in [6.07, 6.45) is 1.95. The molecule has 3 heteroatoms. The molecule has 0 unspecified atom stereocenters. The number of methoxy groups -OCH3 is 1. The van der Waals surface area contributed by atoms with Crippen molar-refractivity contribution in [3.05, 3.63) is 58.7 Å². The number of carbonyl (C=O) groups is 1. The molecule has 0 aromatic heterocycles. The Labute approximate surface area is 151 Å². The molecule has 0 spiro atoms. The van der Waals surface area contributed by atoms with Gasteiger partial charge in [0.1, 0.15) is 11.5 Å². The van der Waals surface area contributed by atoms with E-state index in [1.54, 1.807) is 7.11 Å². The van der Waals surface area contributed by atoms with Gasteiger partial charge in [0.2, 0.25) is 0 Å². The molecule has 25 heavy (non-hydrogen) atoms. The van der Waals surface area contributed by atoms with Crippen molar-refractivity contribution in [2.75, 3.05) is 7.11 Å². The molecule has 0 bridgehead atoms. The van der Waals surface area contributed by atoms with Crippen LogP contribution in [0.4, 0.5) is 0 Å². The van der Waals surface area contributed by atoms with E-state index in [0.29, 0.717) is 5.75 Å². The van der Waals surface area contributed by atoms with E-state index < -0.39 is 0 Å². The summed E-state index contributed by atoms with van der Waals surface area (Å²) in [4.78, 5) is 11.1. The van der Waals surface area contributed by atoms with Gasteiger partial charge >= 0.3 is 5.97 Å². The third-order valence-electron chi connectivity index (χ3n) is 4.32. The van der Waals surface area contributed by atoms with Crippen LogP contribution in [0.1, 0.15) is 43.0 Å². The summed E-state index contributed by atoms with van der Waals surface area (Å²) in [5.74, 6) is 1.28. The highest BCUT2D eigenvalue weighted by atomic mass is 16.5. The van der Waals surface area contributed by atoms with Crippen LogP contribution in [-0.4, -0.2) is 13.1 Å². The lowest BCUT2D eigenvalue weighted by Crippen LogP contribution is -2.18. The zero-order valence-electron chi connectivity index (χ0n) is 16.1. The Bertz CT molecular complexity index is 760. The van der Waals surface area contributed by atoms with Gasteiger partial charge in [-0.15, -0.1) is 0 Å². The molecule has 2 aromatic rings. The fourth-order valence-electron chi connectivity index (χ4n) is 3.31. The lowest BCUT2D eigenvalue weighted by molar-refractivity contribution is -0.131. The summed E-state index contributed by atoms with van der Waals surface area (Å²) in [6, 6.07) is 12.4. The highest BCUT2D eigenvalue weighted by Crippen LogP contribution is 2.30. The first-order valence-corrected chi connectivity index (χ1v) is 8.62. The van der Waals surface area contributed by atoms with Crippen LogP contribution in [0.2, 0.25) is 0 Å². The van der Waals surface area contributed by atoms with Crippen molar-refractivity contribution < 1.29 is 14.3 Å². The molecule has 0 N–H and O–H groups in total. The van der Waals surface area contributed by atoms with Gasteiger partial charge in [0.05, 0.1) is 7.11 Å². The molecule has 0 fully saturated rings. The smallest absolute Gasteiger partial charge is 0.308 e. The van der Waals surface area contributed by atoms with E-state index in [0.717, 1.165) is 29.7 Å². The zero-order chi connectivity index (χ0) is 18.6. The first-order chi connectivity index (χ1) is 11.7. The van der Waals surface area contributed by atoms with Crippen molar-refractivity contribution in [2.24, 2.45) is 5.41 Å². The summed E-state index contributed by atoms with van der Waals surface area (Å²) < 4.78 is 10.6. The van der Waals surface area contributed by atoms with Crippen molar-refractivity contribution in [3.8, 4) is 11.5 Å². The minimum Gasteiger partial charge on any atom is -0.496 e. The molecule has 0 aliphatic heterocycles. The Morgan fingerprint density at radius 3 is 1.80 bits per heavy atom. The molecule has 134 valence electrons. The second-order valence-corrected chi connectivity index (χ2v) is 7.52. The summed E-state index contributed by atoms with van der Waals surface area (Å²) in [5.41, 5.74) is 4.84. The largest absolute Gasteiger partial charge is 0.496 e. The molecule has 0 heterocycles. The number of hydrogen-bond acceptors (Lipinski definition) is 3. The first kappa shape index (κ1) is 19.0. The zero-order valence-corrected chi connectivity index (χ0v) is 16.1. The number of esters is 1. The molecule has 0 saturated heterocycles. The van der Waals surface area contributed by atoms with Crippen molar-refractivity contribution >= 4 is 5.97 Å². The van der Waals surface area contributed by atoms with E-state index >= 15 is 0 Å². The van der Waals surface area contributed by atoms with E-state index in [4.69, 9.17) is 9.47 Å². The molecule has 3 nitrogen and oxygen atoms in total. The number of ether oxygens (including phenoxy) is 2. The van der Waals surface area contributed by atoms with Gasteiger partial charge in [-0.2, -0.15) is 0 Å². The Balaban J connectivity index is 2.11. The van der Waals surface area contributed by atoms with Crippen molar-refractivity contribution in [3.63, 3.8) is 0 Å². The molecule has 0 amide bonds. The summed E-state index contributed by atoms with van der Waals surface area (Å²) in [6.45, 7) is 10.0. The quantitative estimate of drug-likeness (QED) is 0.545. The summed E-state index contributed by atoms with van der Waals surface area (Å²) >= 11 is 0. The van der Waals surface area contributed by atoms with Crippen molar-refractivity contribution in [1.82, 2.24) is 0 Å². The van der Waals surface area contributed by atoms with Crippen LogP contribution in [0.5, 0.6) is 11.5 Å². The number of benzene rings is 2. The SMILES string of the molecule is COc1ccc(CC(C)(C)Cc2ccc(OC(C)=O)c(C)c2)cc1C. The Kier molecular flexibility index (Phi) is 5.89. The van der Waals surface area contributed by atoms with Gasteiger partial charge in [-0.1, -0.05) is 38.1 Å². The molecular formula is C22H28O3. The van der Waals surface area contributed by atoms with Gasteiger partial charge in [0.25, 0.3) is 0 Å². The fourth-order valence-corrected chi connectivity index (χ4v) is 3.31. The van der Waals surface area contributed by atoms with Gasteiger partial charge in [0, 0.05) is 6.92 Å². The van der Waals surface area contributed by atoms with Gasteiger partial charge in [0.15, 0.2) is 0 Å². The fraction of sp³-hybridized carbons (Fsp3) is 0.409. The standard InChI is InChI=1S/C22H28O3/c1-15-11-18(7-9-20(15)24-6)13-22(4,5)14-19-8-10-21(16(2)12-19)25-17(3)23/h7-12H,13-14H2,1-6H3. The lowest BCUT2D eigenvalue weighted by atomic mass is 9.80. The van der Waals surface area contributed by atoms with Gasteiger partial charge < -0.3 is 9.47 Å². The Hall–Kier alpha value is -2.29. The minimum absolute atomic E-state index is 0.121. The Morgan fingerprint density at radius 1 is 0.920 bits per heavy atom. The van der Waals surface area contributed by atoms with E-state index in [9.17, 15) is 4.79 Å². The predicted molar refractivity (Wildman–Crippen MR) is 101 cm³/mol. The monoisotopic (exact) mass is 340 g/mol. The molecule has 0 radical (unpaired) electrons. The topological polar surface area (TPSA) is 35.5 Å². The second kappa shape index (κ2) is 7.73.